The van der Waals surface area contributed by atoms with Crippen LogP contribution in [0.3, 0.4) is 0 Å². The number of hydrogen-bond donors (Lipinski definition) is 2. The van der Waals surface area contributed by atoms with Gasteiger partial charge in [-0.05, 0) is 12.8 Å². The number of aliphatic hydroxyl groups is 1. The summed E-state index contributed by atoms with van der Waals surface area (Å²) in [6, 6.07) is 0. The lowest BCUT2D eigenvalue weighted by Crippen LogP contribution is -2.39. The number of rotatable bonds is 2. The van der Waals surface area contributed by atoms with E-state index in [1.54, 1.807) is 0 Å². The maximum Gasteiger partial charge on any atom is 0.294 e. The Kier molecular flexibility index (Phi) is 3.24. The molecule has 1 saturated carbocycles. The first-order valence-electron chi connectivity index (χ1n) is 5.39. The Morgan fingerprint density at radius 3 is 2.44 bits per heavy atom. The van der Waals surface area contributed by atoms with Crippen LogP contribution >= 0.6 is 0 Å². The minimum Gasteiger partial charge on any atom is -0.373 e. The first kappa shape index (κ1) is 12.3. The average Bonchev–Trinajstić information content (AvgIpc) is 2.61. The minimum atomic E-state index is -4.49. The molecule has 0 aromatic carbocycles. The third-order valence-corrected chi connectivity index (χ3v) is 4.03. The molecule has 1 aliphatic carbocycles. The predicted octanol–water partition coefficient (Wildman–Crippen LogP) is 0.268. The van der Waals surface area contributed by atoms with Crippen molar-refractivity contribution in [3.8, 4) is 0 Å². The molecule has 2 atom stereocenters. The van der Waals surface area contributed by atoms with Gasteiger partial charge < -0.3 is 14.6 Å². The van der Waals surface area contributed by atoms with Gasteiger partial charge in [0.25, 0.3) is 10.1 Å². The Bertz CT molecular complexity index is 345. The lowest BCUT2D eigenvalue weighted by atomic mass is 9.94. The third-order valence-electron chi connectivity index (χ3n) is 3.12. The van der Waals surface area contributed by atoms with E-state index in [1.807, 2.05) is 0 Å². The number of hydrogen-bond acceptors (Lipinski definition) is 5. The molecule has 16 heavy (non-hydrogen) atoms. The fraction of sp³-hybridized carbons (Fsp3) is 1.00. The minimum absolute atomic E-state index is 0.000949. The van der Waals surface area contributed by atoms with Crippen molar-refractivity contribution in [1.29, 1.82) is 0 Å². The fourth-order valence-corrected chi connectivity index (χ4v) is 2.78. The van der Waals surface area contributed by atoms with Crippen molar-refractivity contribution in [3.05, 3.63) is 0 Å². The SMILES string of the molecule is O=S(=O)(O)C(O)[C@H]1COC2(CCCCC2)O1. The molecule has 0 bridgehead atoms. The van der Waals surface area contributed by atoms with Crippen molar-refractivity contribution in [2.24, 2.45) is 0 Å². The summed E-state index contributed by atoms with van der Waals surface area (Å²) >= 11 is 0. The number of ether oxygens (including phenoxy) is 2. The summed E-state index contributed by atoms with van der Waals surface area (Å²) in [5.74, 6) is -0.741. The van der Waals surface area contributed by atoms with E-state index in [9.17, 15) is 13.5 Å². The lowest BCUT2D eigenvalue weighted by Gasteiger charge is -2.31. The zero-order valence-electron chi connectivity index (χ0n) is 8.83. The molecule has 1 saturated heterocycles. The molecule has 1 unspecified atom stereocenters. The molecule has 6 nitrogen and oxygen atoms in total. The van der Waals surface area contributed by atoms with E-state index < -0.39 is 27.4 Å². The predicted molar refractivity (Wildman–Crippen MR) is 54.2 cm³/mol. The van der Waals surface area contributed by atoms with Gasteiger partial charge in [0, 0.05) is 12.8 Å². The van der Waals surface area contributed by atoms with Crippen LogP contribution in [0.4, 0.5) is 0 Å². The fourth-order valence-electron chi connectivity index (χ4n) is 2.26. The normalized spacial score (nSPS) is 31.8. The Morgan fingerprint density at radius 1 is 1.25 bits per heavy atom. The Labute approximate surface area is 94.3 Å². The lowest BCUT2D eigenvalue weighted by molar-refractivity contribution is -0.191. The van der Waals surface area contributed by atoms with Gasteiger partial charge in [0.05, 0.1) is 6.61 Å². The summed E-state index contributed by atoms with van der Waals surface area (Å²) in [7, 11) is -4.49. The summed E-state index contributed by atoms with van der Waals surface area (Å²) in [5.41, 5.74) is -1.92. The molecule has 7 heteroatoms. The van der Waals surface area contributed by atoms with E-state index in [0.29, 0.717) is 12.8 Å². The van der Waals surface area contributed by atoms with Crippen LogP contribution in [-0.2, 0) is 19.6 Å². The van der Waals surface area contributed by atoms with Crippen LogP contribution in [0.1, 0.15) is 32.1 Å². The molecule has 1 aliphatic heterocycles. The molecule has 94 valence electrons. The molecule has 1 heterocycles. The highest BCUT2D eigenvalue weighted by Gasteiger charge is 2.47. The number of aliphatic hydroxyl groups excluding tert-OH is 1. The summed E-state index contributed by atoms with van der Waals surface area (Å²) in [5, 5.41) is 9.36. The molecule has 0 radical (unpaired) electrons. The first-order chi connectivity index (χ1) is 7.43. The van der Waals surface area contributed by atoms with Gasteiger partial charge in [0.2, 0.25) is 5.44 Å². The Morgan fingerprint density at radius 2 is 1.88 bits per heavy atom. The zero-order valence-corrected chi connectivity index (χ0v) is 9.65. The molecule has 0 aromatic heterocycles. The van der Waals surface area contributed by atoms with Crippen LogP contribution in [0, 0.1) is 0 Å². The van der Waals surface area contributed by atoms with Gasteiger partial charge in [-0.2, -0.15) is 8.42 Å². The zero-order chi connectivity index (χ0) is 11.8. The van der Waals surface area contributed by atoms with Crippen molar-refractivity contribution in [1.82, 2.24) is 0 Å². The second-order valence-corrected chi connectivity index (χ2v) is 5.86. The maximum atomic E-state index is 10.8. The topological polar surface area (TPSA) is 93.1 Å². The summed E-state index contributed by atoms with van der Waals surface area (Å²) in [4.78, 5) is 0. The van der Waals surface area contributed by atoms with Crippen LogP contribution < -0.4 is 0 Å². The van der Waals surface area contributed by atoms with Gasteiger partial charge in [-0.3, -0.25) is 4.55 Å². The molecule has 2 N–H and O–H groups in total. The summed E-state index contributed by atoms with van der Waals surface area (Å²) < 4.78 is 41.2. The van der Waals surface area contributed by atoms with Gasteiger partial charge in [0.1, 0.15) is 6.10 Å². The van der Waals surface area contributed by atoms with Crippen molar-refractivity contribution in [2.45, 2.75) is 49.4 Å². The van der Waals surface area contributed by atoms with Crippen molar-refractivity contribution >= 4 is 10.1 Å². The van der Waals surface area contributed by atoms with Crippen LogP contribution in [0.5, 0.6) is 0 Å². The molecule has 2 fully saturated rings. The highest BCUT2D eigenvalue weighted by Crippen LogP contribution is 2.38. The standard InChI is InChI=1S/C9H16O6S/c10-8(16(11,12)13)7-6-14-9(15-7)4-2-1-3-5-9/h7-8,10H,1-6H2,(H,11,12,13)/t7-,8?/m1/s1. The molecular weight excluding hydrogens is 236 g/mol. The van der Waals surface area contributed by atoms with Crippen LogP contribution in [-0.4, -0.2) is 42.0 Å². The molecule has 2 aliphatic rings. The van der Waals surface area contributed by atoms with Gasteiger partial charge in [-0.1, -0.05) is 6.42 Å². The summed E-state index contributed by atoms with van der Waals surface area (Å²) in [6.07, 6.45) is 3.47. The van der Waals surface area contributed by atoms with E-state index in [2.05, 4.69) is 0 Å². The van der Waals surface area contributed by atoms with Crippen molar-refractivity contribution in [3.63, 3.8) is 0 Å². The molecule has 1 spiro atoms. The molecular formula is C9H16O6S. The van der Waals surface area contributed by atoms with Crippen LogP contribution in [0.15, 0.2) is 0 Å². The highest BCUT2D eigenvalue weighted by atomic mass is 32.2. The van der Waals surface area contributed by atoms with Gasteiger partial charge in [-0.15, -0.1) is 0 Å². The Balaban J connectivity index is 2.02. The van der Waals surface area contributed by atoms with E-state index >= 15 is 0 Å². The van der Waals surface area contributed by atoms with Crippen molar-refractivity contribution in [2.75, 3.05) is 6.61 Å². The van der Waals surface area contributed by atoms with Gasteiger partial charge >= 0.3 is 0 Å². The maximum absolute atomic E-state index is 10.8. The third kappa shape index (κ3) is 2.38. The smallest absolute Gasteiger partial charge is 0.294 e. The van der Waals surface area contributed by atoms with Gasteiger partial charge in [0.15, 0.2) is 5.79 Å². The highest BCUT2D eigenvalue weighted by molar-refractivity contribution is 7.86. The molecule has 0 aromatic rings. The molecule has 0 amide bonds. The summed E-state index contributed by atoms with van der Waals surface area (Å²) in [6.45, 7) is 0.000949. The first-order valence-corrected chi connectivity index (χ1v) is 6.89. The van der Waals surface area contributed by atoms with Gasteiger partial charge in [-0.25, -0.2) is 0 Å². The van der Waals surface area contributed by atoms with E-state index in [0.717, 1.165) is 19.3 Å². The van der Waals surface area contributed by atoms with Crippen LogP contribution in [0.25, 0.3) is 0 Å². The quantitative estimate of drug-likeness (QED) is 0.685. The second-order valence-electron chi connectivity index (χ2n) is 4.34. The second kappa shape index (κ2) is 4.23. The van der Waals surface area contributed by atoms with Crippen LogP contribution in [0.2, 0.25) is 0 Å². The van der Waals surface area contributed by atoms with Crippen molar-refractivity contribution < 1.29 is 27.6 Å². The largest absolute Gasteiger partial charge is 0.373 e. The average molecular weight is 252 g/mol. The van der Waals surface area contributed by atoms with E-state index in [-0.39, 0.29) is 6.61 Å². The molecule has 2 rings (SSSR count). The monoisotopic (exact) mass is 252 g/mol. The van der Waals surface area contributed by atoms with E-state index in [4.69, 9.17) is 14.0 Å². The Hall–Kier alpha value is -0.210. The van der Waals surface area contributed by atoms with E-state index in [1.165, 1.54) is 0 Å².